The molecule has 1 aromatic rings. The van der Waals surface area contributed by atoms with Crippen molar-refractivity contribution in [3.8, 4) is 11.5 Å². The lowest BCUT2D eigenvalue weighted by atomic mass is 10.2. The molecule has 0 unspecified atom stereocenters. The highest BCUT2D eigenvalue weighted by Crippen LogP contribution is 2.41. The maximum atomic E-state index is 12.3. The molecule has 9 heteroatoms. The minimum Gasteiger partial charge on any atom is -0.550 e. The minimum atomic E-state index is -1.23. The first-order valence-electron chi connectivity index (χ1n) is 6.50. The van der Waals surface area contributed by atoms with Gasteiger partial charge in [0.2, 0.25) is 6.79 Å². The van der Waals surface area contributed by atoms with E-state index in [2.05, 4.69) is 0 Å². The Labute approximate surface area is 146 Å². The van der Waals surface area contributed by atoms with Gasteiger partial charge in [-0.05, 0) is 23.8 Å². The van der Waals surface area contributed by atoms with E-state index in [-0.39, 0.29) is 25.7 Å². The van der Waals surface area contributed by atoms with Gasteiger partial charge in [0.1, 0.15) is 4.32 Å². The van der Waals surface area contributed by atoms with E-state index < -0.39 is 5.97 Å². The summed E-state index contributed by atoms with van der Waals surface area (Å²) in [5, 5.41) is 10.9. The quantitative estimate of drug-likeness (QED) is 0.585. The van der Waals surface area contributed by atoms with Gasteiger partial charge in [0, 0.05) is 18.9 Å². The van der Waals surface area contributed by atoms with Crippen LogP contribution in [0.25, 0.3) is 6.08 Å². The van der Waals surface area contributed by atoms with Crippen LogP contribution in [-0.4, -0.2) is 34.4 Å². The number of aliphatic carboxylic acids is 1. The Morgan fingerprint density at radius 3 is 3.00 bits per heavy atom. The highest BCUT2D eigenvalue weighted by Gasteiger charge is 2.31. The summed E-state index contributed by atoms with van der Waals surface area (Å²) in [7, 11) is 0. The third-order valence-electron chi connectivity index (χ3n) is 3.16. The fraction of sp³-hybridized carbons (Fsp3) is 0.214. The van der Waals surface area contributed by atoms with Gasteiger partial charge in [-0.25, -0.2) is 0 Å². The molecule has 2 aliphatic rings. The highest BCUT2D eigenvalue weighted by atomic mass is 35.5. The summed E-state index contributed by atoms with van der Waals surface area (Å²) in [6.07, 6.45) is 1.36. The first-order valence-corrected chi connectivity index (χ1v) is 8.10. The Bertz CT molecular complexity index is 749. The predicted octanol–water partition coefficient (Wildman–Crippen LogP) is 1.41. The number of carbonyl (C=O) groups is 2. The largest absolute Gasteiger partial charge is 0.550 e. The number of carbonyl (C=O) groups excluding carboxylic acids is 2. The second-order valence-corrected chi connectivity index (χ2v) is 6.77. The predicted molar refractivity (Wildman–Crippen MR) is 87.1 cm³/mol. The number of halogens is 1. The van der Waals surface area contributed by atoms with Crippen LogP contribution in [0.3, 0.4) is 0 Å². The first kappa shape index (κ1) is 16.1. The summed E-state index contributed by atoms with van der Waals surface area (Å²) in [4.78, 5) is 24.5. The molecule has 1 fully saturated rings. The molecular formula is C14H9ClNO5S2-. The third kappa shape index (κ3) is 3.29. The number of benzene rings is 1. The van der Waals surface area contributed by atoms with Gasteiger partial charge in [-0.1, -0.05) is 35.6 Å². The van der Waals surface area contributed by atoms with Crippen molar-refractivity contribution in [3.63, 3.8) is 0 Å². The molecule has 0 atom stereocenters. The molecule has 3 rings (SSSR count). The van der Waals surface area contributed by atoms with Crippen LogP contribution in [-0.2, 0) is 9.59 Å². The molecule has 0 bridgehead atoms. The van der Waals surface area contributed by atoms with E-state index in [1.54, 1.807) is 18.2 Å². The van der Waals surface area contributed by atoms with Crippen LogP contribution in [0.5, 0.6) is 11.5 Å². The average Bonchev–Trinajstić information content (AvgIpc) is 3.04. The summed E-state index contributed by atoms with van der Waals surface area (Å²) in [6, 6.07) is 3.37. The van der Waals surface area contributed by atoms with Crippen LogP contribution in [0.4, 0.5) is 0 Å². The molecule has 1 amide bonds. The van der Waals surface area contributed by atoms with Crippen LogP contribution in [0.1, 0.15) is 12.0 Å². The van der Waals surface area contributed by atoms with Gasteiger partial charge >= 0.3 is 0 Å². The molecule has 23 heavy (non-hydrogen) atoms. The Morgan fingerprint density at radius 1 is 1.48 bits per heavy atom. The van der Waals surface area contributed by atoms with Gasteiger partial charge in [-0.15, -0.1) is 0 Å². The van der Waals surface area contributed by atoms with E-state index in [1.807, 2.05) is 0 Å². The van der Waals surface area contributed by atoms with Crippen LogP contribution in [0, 0.1) is 0 Å². The molecule has 6 nitrogen and oxygen atoms in total. The zero-order valence-corrected chi connectivity index (χ0v) is 13.9. The van der Waals surface area contributed by atoms with E-state index in [9.17, 15) is 14.7 Å². The van der Waals surface area contributed by atoms with Crippen molar-refractivity contribution in [2.24, 2.45) is 0 Å². The number of nitrogens with zero attached hydrogens (tertiary/aromatic N) is 1. The SMILES string of the molecule is O=C([O-])CCN1C(=O)/C(=C\c2cc(Cl)c3c(c2)OCO3)SC1=S. The standard InChI is InChI=1S/C14H10ClNO5S2/c15-8-3-7(4-9-12(8)21-6-20-9)5-10-13(19)16(14(22)23-10)2-1-11(17)18/h3-5H,1-2,6H2,(H,17,18)/p-1/b10-5+. The summed E-state index contributed by atoms with van der Waals surface area (Å²) in [6.45, 7) is 0.0933. The van der Waals surface area contributed by atoms with Crippen LogP contribution < -0.4 is 14.6 Å². The maximum Gasteiger partial charge on any atom is 0.266 e. The Kier molecular flexibility index (Phi) is 4.47. The molecule has 0 saturated carbocycles. The van der Waals surface area contributed by atoms with E-state index >= 15 is 0 Å². The summed E-state index contributed by atoms with van der Waals surface area (Å²) >= 11 is 12.3. The summed E-state index contributed by atoms with van der Waals surface area (Å²) in [5.41, 5.74) is 0.666. The lowest BCUT2D eigenvalue weighted by molar-refractivity contribution is -0.305. The van der Waals surface area contributed by atoms with Crippen LogP contribution in [0.2, 0.25) is 5.02 Å². The zero-order valence-electron chi connectivity index (χ0n) is 11.5. The van der Waals surface area contributed by atoms with Crippen LogP contribution in [0.15, 0.2) is 17.0 Å². The minimum absolute atomic E-state index is 0.00770. The smallest absolute Gasteiger partial charge is 0.266 e. The monoisotopic (exact) mass is 370 g/mol. The van der Waals surface area contributed by atoms with Crippen molar-refractivity contribution >= 4 is 57.9 Å². The fourth-order valence-corrected chi connectivity index (χ4v) is 3.70. The number of thiocarbonyl (C=S) groups is 1. The number of amides is 1. The highest BCUT2D eigenvalue weighted by molar-refractivity contribution is 8.26. The van der Waals surface area contributed by atoms with Gasteiger partial charge in [0.05, 0.1) is 9.93 Å². The number of thioether (sulfide) groups is 1. The molecule has 120 valence electrons. The summed E-state index contributed by atoms with van der Waals surface area (Å²) < 4.78 is 10.8. The lowest BCUT2D eigenvalue weighted by Crippen LogP contribution is -2.33. The molecule has 2 heterocycles. The van der Waals surface area contributed by atoms with Crippen molar-refractivity contribution < 1.29 is 24.2 Å². The van der Waals surface area contributed by atoms with Gasteiger partial charge in [0.15, 0.2) is 11.5 Å². The maximum absolute atomic E-state index is 12.3. The van der Waals surface area contributed by atoms with Crippen molar-refractivity contribution in [1.29, 1.82) is 0 Å². The zero-order chi connectivity index (χ0) is 16.6. The Balaban J connectivity index is 1.83. The van der Waals surface area contributed by atoms with Gasteiger partial charge in [0.25, 0.3) is 5.91 Å². The van der Waals surface area contributed by atoms with E-state index in [0.717, 1.165) is 11.8 Å². The molecule has 2 aliphatic heterocycles. The second-order valence-electron chi connectivity index (χ2n) is 4.69. The molecule has 0 spiro atoms. The van der Waals surface area contributed by atoms with Crippen molar-refractivity contribution in [1.82, 2.24) is 4.90 Å². The normalized spacial score (nSPS) is 18.1. The number of hydrogen-bond donors (Lipinski definition) is 0. The molecule has 0 aromatic heterocycles. The number of ether oxygens (including phenoxy) is 2. The molecule has 0 radical (unpaired) electrons. The van der Waals surface area contributed by atoms with Gasteiger partial charge < -0.3 is 19.4 Å². The van der Waals surface area contributed by atoms with Gasteiger partial charge in [-0.3, -0.25) is 9.69 Å². The third-order valence-corrected chi connectivity index (χ3v) is 4.82. The first-order chi connectivity index (χ1) is 11.0. The summed E-state index contributed by atoms with van der Waals surface area (Å²) in [5.74, 6) is -0.581. The second kappa shape index (κ2) is 6.38. The van der Waals surface area contributed by atoms with E-state index in [0.29, 0.717) is 31.3 Å². The number of carboxylic acid groups (broad SMARTS) is 1. The molecular weight excluding hydrogens is 362 g/mol. The average molecular weight is 371 g/mol. The molecule has 0 N–H and O–H groups in total. The fourth-order valence-electron chi connectivity index (χ4n) is 2.12. The number of fused-ring (bicyclic) bond motifs is 1. The van der Waals surface area contributed by atoms with Crippen molar-refractivity contribution in [2.75, 3.05) is 13.3 Å². The molecule has 1 aromatic carbocycles. The molecule has 1 saturated heterocycles. The Hall–Kier alpha value is -1.77. The van der Waals surface area contributed by atoms with Gasteiger partial charge in [-0.2, -0.15) is 0 Å². The van der Waals surface area contributed by atoms with E-state index in [1.165, 1.54) is 4.90 Å². The van der Waals surface area contributed by atoms with Crippen molar-refractivity contribution in [3.05, 3.63) is 27.6 Å². The van der Waals surface area contributed by atoms with Crippen molar-refractivity contribution in [2.45, 2.75) is 6.42 Å². The number of carboxylic acids is 1. The topological polar surface area (TPSA) is 78.9 Å². The van der Waals surface area contributed by atoms with E-state index in [4.69, 9.17) is 33.3 Å². The number of hydrogen-bond acceptors (Lipinski definition) is 7. The van der Waals surface area contributed by atoms with Crippen LogP contribution >= 0.6 is 35.6 Å². The lowest BCUT2D eigenvalue weighted by Gasteiger charge is -2.14. The number of rotatable bonds is 4. The Morgan fingerprint density at radius 2 is 2.26 bits per heavy atom. The molecule has 0 aliphatic carbocycles.